The third-order valence-corrected chi connectivity index (χ3v) is 1.89. The van der Waals surface area contributed by atoms with Crippen LogP contribution in [-0.4, -0.2) is 42.0 Å². The number of hydrazone groups is 1. The standard InChI is InChI=1S/C8H12N4O3/c1-12-7(14)3-2-5(11-12)8(15)10-4-6(9)13/h2-4H2,1H3,(H2,9,13)(H,10,15). The molecule has 0 aliphatic carbocycles. The second-order valence-electron chi connectivity index (χ2n) is 3.11. The zero-order valence-corrected chi connectivity index (χ0v) is 8.32. The number of hydrogen-bond acceptors (Lipinski definition) is 4. The molecule has 15 heavy (non-hydrogen) atoms. The van der Waals surface area contributed by atoms with E-state index in [-0.39, 0.29) is 31.0 Å². The number of nitrogens with one attached hydrogen (secondary N) is 1. The van der Waals surface area contributed by atoms with Gasteiger partial charge in [-0.1, -0.05) is 0 Å². The minimum Gasteiger partial charge on any atom is -0.368 e. The monoisotopic (exact) mass is 212 g/mol. The third kappa shape index (κ3) is 3.04. The summed E-state index contributed by atoms with van der Waals surface area (Å²) in [6.07, 6.45) is 0.535. The summed E-state index contributed by atoms with van der Waals surface area (Å²) in [5.74, 6) is -1.22. The number of nitrogens with zero attached hydrogens (tertiary/aromatic N) is 2. The van der Waals surface area contributed by atoms with E-state index in [4.69, 9.17) is 5.73 Å². The van der Waals surface area contributed by atoms with Crippen molar-refractivity contribution in [3.05, 3.63) is 0 Å². The molecule has 1 rings (SSSR count). The molecule has 0 saturated carbocycles. The molecular weight excluding hydrogens is 200 g/mol. The Morgan fingerprint density at radius 1 is 1.53 bits per heavy atom. The fourth-order valence-electron chi connectivity index (χ4n) is 1.10. The maximum absolute atomic E-state index is 11.4. The minimum absolute atomic E-state index is 0.138. The summed E-state index contributed by atoms with van der Waals surface area (Å²) in [4.78, 5) is 32.8. The van der Waals surface area contributed by atoms with Gasteiger partial charge in [-0.15, -0.1) is 0 Å². The maximum atomic E-state index is 11.4. The van der Waals surface area contributed by atoms with Gasteiger partial charge in [0.1, 0.15) is 5.71 Å². The average Bonchev–Trinajstić information content (AvgIpc) is 2.18. The molecule has 0 atom stereocenters. The largest absolute Gasteiger partial charge is 0.368 e. The van der Waals surface area contributed by atoms with Crippen LogP contribution in [0.25, 0.3) is 0 Å². The lowest BCUT2D eigenvalue weighted by Crippen LogP contribution is -2.40. The highest BCUT2D eigenvalue weighted by Gasteiger charge is 2.21. The fourth-order valence-corrected chi connectivity index (χ4v) is 1.10. The molecule has 0 radical (unpaired) electrons. The van der Waals surface area contributed by atoms with Gasteiger partial charge in [0.15, 0.2) is 0 Å². The van der Waals surface area contributed by atoms with Crippen molar-refractivity contribution in [3.63, 3.8) is 0 Å². The van der Waals surface area contributed by atoms with Gasteiger partial charge in [-0.3, -0.25) is 14.4 Å². The van der Waals surface area contributed by atoms with E-state index in [1.165, 1.54) is 7.05 Å². The molecule has 82 valence electrons. The summed E-state index contributed by atoms with van der Waals surface area (Å²) in [6, 6.07) is 0. The molecule has 0 aromatic rings. The van der Waals surface area contributed by atoms with Gasteiger partial charge in [-0.25, -0.2) is 5.01 Å². The molecule has 0 unspecified atom stereocenters. The van der Waals surface area contributed by atoms with Crippen molar-refractivity contribution >= 4 is 23.4 Å². The van der Waals surface area contributed by atoms with Gasteiger partial charge in [0.25, 0.3) is 5.91 Å². The van der Waals surface area contributed by atoms with Crippen molar-refractivity contribution in [3.8, 4) is 0 Å². The SMILES string of the molecule is CN1N=C(C(=O)NCC(N)=O)CCC1=O. The molecule has 1 heterocycles. The quantitative estimate of drug-likeness (QED) is 0.576. The predicted octanol–water partition coefficient (Wildman–Crippen LogP) is -1.80. The summed E-state index contributed by atoms with van der Waals surface area (Å²) in [5.41, 5.74) is 5.10. The lowest BCUT2D eigenvalue weighted by Gasteiger charge is -2.18. The molecule has 0 bridgehead atoms. The van der Waals surface area contributed by atoms with Crippen molar-refractivity contribution in [2.75, 3.05) is 13.6 Å². The molecule has 0 spiro atoms. The zero-order valence-electron chi connectivity index (χ0n) is 8.32. The second-order valence-corrected chi connectivity index (χ2v) is 3.11. The molecule has 0 saturated heterocycles. The first kappa shape index (κ1) is 11.2. The number of amides is 3. The molecule has 3 N–H and O–H groups in total. The summed E-state index contributed by atoms with van der Waals surface area (Å²) >= 11 is 0. The predicted molar refractivity (Wildman–Crippen MR) is 51.6 cm³/mol. The van der Waals surface area contributed by atoms with Crippen LogP contribution < -0.4 is 11.1 Å². The second kappa shape index (κ2) is 4.54. The number of rotatable bonds is 3. The van der Waals surface area contributed by atoms with Gasteiger partial charge < -0.3 is 11.1 Å². The molecule has 3 amide bonds. The average molecular weight is 212 g/mol. The molecule has 0 aromatic heterocycles. The number of primary amides is 1. The van der Waals surface area contributed by atoms with Crippen LogP contribution in [0.4, 0.5) is 0 Å². The molecule has 0 aromatic carbocycles. The highest BCUT2D eigenvalue weighted by atomic mass is 16.2. The Kier molecular flexibility index (Phi) is 3.37. The number of carbonyl (C=O) groups is 3. The third-order valence-electron chi connectivity index (χ3n) is 1.89. The van der Waals surface area contributed by atoms with Crippen molar-refractivity contribution in [2.45, 2.75) is 12.8 Å². The molecule has 7 nitrogen and oxygen atoms in total. The van der Waals surface area contributed by atoms with Crippen LogP contribution in [0.1, 0.15) is 12.8 Å². The Balaban J connectivity index is 2.57. The van der Waals surface area contributed by atoms with E-state index in [1.54, 1.807) is 0 Å². The maximum Gasteiger partial charge on any atom is 0.267 e. The molecular formula is C8H12N4O3. The van der Waals surface area contributed by atoms with Gasteiger partial charge in [-0.2, -0.15) is 5.10 Å². The van der Waals surface area contributed by atoms with Crippen LogP contribution in [0.15, 0.2) is 5.10 Å². The van der Waals surface area contributed by atoms with Crippen molar-refractivity contribution in [1.29, 1.82) is 0 Å². The van der Waals surface area contributed by atoms with E-state index in [9.17, 15) is 14.4 Å². The normalized spacial score (nSPS) is 15.9. The smallest absolute Gasteiger partial charge is 0.267 e. The number of carbonyl (C=O) groups excluding carboxylic acids is 3. The van der Waals surface area contributed by atoms with Gasteiger partial charge in [-0.05, 0) is 0 Å². The molecule has 1 aliphatic heterocycles. The van der Waals surface area contributed by atoms with E-state index in [2.05, 4.69) is 10.4 Å². The van der Waals surface area contributed by atoms with E-state index >= 15 is 0 Å². The van der Waals surface area contributed by atoms with Crippen LogP contribution in [0.3, 0.4) is 0 Å². The highest BCUT2D eigenvalue weighted by Crippen LogP contribution is 2.06. The summed E-state index contributed by atoms with van der Waals surface area (Å²) < 4.78 is 0. The number of nitrogens with two attached hydrogens (primary N) is 1. The topological polar surface area (TPSA) is 105 Å². The Morgan fingerprint density at radius 2 is 2.20 bits per heavy atom. The van der Waals surface area contributed by atoms with E-state index in [0.717, 1.165) is 5.01 Å². The van der Waals surface area contributed by atoms with Gasteiger partial charge in [0, 0.05) is 19.9 Å². The van der Waals surface area contributed by atoms with E-state index < -0.39 is 11.8 Å². The van der Waals surface area contributed by atoms with E-state index in [1.807, 2.05) is 0 Å². The Labute approximate surface area is 86.3 Å². The van der Waals surface area contributed by atoms with Crippen LogP contribution in [0, 0.1) is 0 Å². The first-order valence-electron chi connectivity index (χ1n) is 4.41. The number of hydrogen-bond donors (Lipinski definition) is 2. The van der Waals surface area contributed by atoms with Crippen LogP contribution in [-0.2, 0) is 14.4 Å². The summed E-state index contributed by atoms with van der Waals surface area (Å²) in [7, 11) is 1.48. The summed E-state index contributed by atoms with van der Waals surface area (Å²) in [5, 5.41) is 7.20. The Morgan fingerprint density at radius 3 is 2.73 bits per heavy atom. The van der Waals surface area contributed by atoms with Gasteiger partial charge >= 0.3 is 0 Å². The first-order chi connectivity index (χ1) is 7.00. The summed E-state index contributed by atoms with van der Waals surface area (Å²) in [6.45, 7) is -0.227. The first-order valence-corrected chi connectivity index (χ1v) is 4.41. The fraction of sp³-hybridized carbons (Fsp3) is 0.500. The van der Waals surface area contributed by atoms with Crippen LogP contribution in [0.2, 0.25) is 0 Å². The van der Waals surface area contributed by atoms with Gasteiger partial charge in [0.2, 0.25) is 11.8 Å². The van der Waals surface area contributed by atoms with Gasteiger partial charge in [0.05, 0.1) is 6.54 Å². The minimum atomic E-state index is -0.621. The Hall–Kier alpha value is -1.92. The van der Waals surface area contributed by atoms with Crippen LogP contribution >= 0.6 is 0 Å². The Bertz CT molecular complexity index is 337. The molecule has 0 fully saturated rings. The van der Waals surface area contributed by atoms with Crippen molar-refractivity contribution in [2.24, 2.45) is 10.8 Å². The lowest BCUT2D eigenvalue weighted by molar-refractivity contribution is -0.130. The van der Waals surface area contributed by atoms with Crippen molar-refractivity contribution in [1.82, 2.24) is 10.3 Å². The highest BCUT2D eigenvalue weighted by molar-refractivity contribution is 6.39. The van der Waals surface area contributed by atoms with E-state index in [0.29, 0.717) is 0 Å². The molecule has 1 aliphatic rings. The molecule has 7 heteroatoms. The lowest BCUT2D eigenvalue weighted by atomic mass is 10.1. The zero-order chi connectivity index (χ0) is 11.4. The van der Waals surface area contributed by atoms with Crippen molar-refractivity contribution < 1.29 is 14.4 Å². The van der Waals surface area contributed by atoms with Crippen LogP contribution in [0.5, 0.6) is 0 Å².